The molecule has 0 rings (SSSR count). The number of rotatable bonds is 7. The van der Waals surface area contributed by atoms with Crippen LogP contribution in [0.2, 0.25) is 0 Å². The Balaban J connectivity index is 4.02. The first-order valence-corrected chi connectivity index (χ1v) is 4.60. The standard InChI is InChI=1S/C9H21NO3/c1-4-8(5-13-3)10-9(2,6-11)7-12/h8,10-12H,4-7H2,1-3H3. The van der Waals surface area contributed by atoms with Crippen molar-refractivity contribution < 1.29 is 14.9 Å². The van der Waals surface area contributed by atoms with Crippen LogP contribution in [0.5, 0.6) is 0 Å². The number of hydrogen-bond donors (Lipinski definition) is 3. The lowest BCUT2D eigenvalue weighted by Crippen LogP contribution is -2.54. The molecule has 0 aromatic heterocycles. The van der Waals surface area contributed by atoms with Gasteiger partial charge < -0.3 is 20.3 Å². The van der Waals surface area contributed by atoms with Crippen molar-refractivity contribution in [2.75, 3.05) is 26.9 Å². The SMILES string of the molecule is CCC(COC)NC(C)(CO)CO. The maximum Gasteiger partial charge on any atom is 0.0633 e. The number of aliphatic hydroxyl groups excluding tert-OH is 2. The van der Waals surface area contributed by atoms with Gasteiger partial charge in [0.1, 0.15) is 0 Å². The van der Waals surface area contributed by atoms with Gasteiger partial charge in [-0.1, -0.05) is 6.92 Å². The van der Waals surface area contributed by atoms with Crippen molar-refractivity contribution in [3.05, 3.63) is 0 Å². The maximum atomic E-state index is 9.03. The van der Waals surface area contributed by atoms with Gasteiger partial charge in [0, 0.05) is 13.2 Å². The predicted molar refractivity (Wildman–Crippen MR) is 51.7 cm³/mol. The minimum Gasteiger partial charge on any atom is -0.394 e. The molecule has 0 aromatic rings. The number of aliphatic hydroxyl groups is 2. The fourth-order valence-corrected chi connectivity index (χ4v) is 1.10. The van der Waals surface area contributed by atoms with Crippen LogP contribution in [0.1, 0.15) is 20.3 Å². The van der Waals surface area contributed by atoms with Crippen molar-refractivity contribution in [3.63, 3.8) is 0 Å². The average Bonchev–Trinajstić information content (AvgIpc) is 2.17. The summed E-state index contributed by atoms with van der Waals surface area (Å²) in [5, 5.41) is 21.2. The maximum absolute atomic E-state index is 9.03. The van der Waals surface area contributed by atoms with E-state index < -0.39 is 5.54 Å². The Morgan fingerprint density at radius 1 is 1.38 bits per heavy atom. The molecule has 4 nitrogen and oxygen atoms in total. The Hall–Kier alpha value is -0.160. The van der Waals surface area contributed by atoms with Gasteiger partial charge in [-0.15, -0.1) is 0 Å². The van der Waals surface area contributed by atoms with E-state index in [0.717, 1.165) is 6.42 Å². The second kappa shape index (κ2) is 6.32. The highest BCUT2D eigenvalue weighted by Crippen LogP contribution is 2.04. The summed E-state index contributed by atoms with van der Waals surface area (Å²) < 4.78 is 5.00. The van der Waals surface area contributed by atoms with E-state index in [9.17, 15) is 0 Å². The van der Waals surface area contributed by atoms with E-state index in [-0.39, 0.29) is 19.3 Å². The van der Waals surface area contributed by atoms with E-state index in [1.54, 1.807) is 14.0 Å². The molecule has 13 heavy (non-hydrogen) atoms. The average molecular weight is 191 g/mol. The third-order valence-electron chi connectivity index (χ3n) is 2.11. The zero-order valence-corrected chi connectivity index (χ0v) is 8.71. The molecule has 0 fully saturated rings. The summed E-state index contributed by atoms with van der Waals surface area (Å²) in [5.74, 6) is 0. The highest BCUT2D eigenvalue weighted by atomic mass is 16.5. The molecule has 0 amide bonds. The van der Waals surface area contributed by atoms with E-state index >= 15 is 0 Å². The molecule has 0 spiro atoms. The van der Waals surface area contributed by atoms with E-state index in [2.05, 4.69) is 5.32 Å². The normalized spacial score (nSPS) is 14.5. The largest absolute Gasteiger partial charge is 0.394 e. The highest BCUT2D eigenvalue weighted by molar-refractivity contribution is 4.84. The minimum absolute atomic E-state index is 0.0796. The lowest BCUT2D eigenvalue weighted by Gasteiger charge is -2.31. The molecule has 0 saturated heterocycles. The minimum atomic E-state index is -0.612. The Labute approximate surface area is 79.9 Å². The van der Waals surface area contributed by atoms with Crippen molar-refractivity contribution in [1.29, 1.82) is 0 Å². The van der Waals surface area contributed by atoms with E-state index in [1.807, 2.05) is 6.92 Å². The van der Waals surface area contributed by atoms with Crippen molar-refractivity contribution in [2.24, 2.45) is 0 Å². The van der Waals surface area contributed by atoms with Crippen LogP contribution in [-0.2, 0) is 4.74 Å². The Morgan fingerprint density at radius 3 is 2.23 bits per heavy atom. The number of ether oxygens (including phenoxy) is 1. The summed E-state index contributed by atoms with van der Waals surface area (Å²) in [4.78, 5) is 0. The molecule has 0 bridgehead atoms. The van der Waals surface area contributed by atoms with Gasteiger partial charge in [-0.3, -0.25) is 0 Å². The fraction of sp³-hybridized carbons (Fsp3) is 1.00. The van der Waals surface area contributed by atoms with Gasteiger partial charge in [-0.25, -0.2) is 0 Å². The number of methoxy groups -OCH3 is 1. The molecule has 0 heterocycles. The van der Waals surface area contributed by atoms with Crippen LogP contribution in [-0.4, -0.2) is 48.7 Å². The smallest absolute Gasteiger partial charge is 0.0633 e. The lowest BCUT2D eigenvalue weighted by molar-refractivity contribution is 0.0738. The van der Waals surface area contributed by atoms with Crippen LogP contribution in [0.15, 0.2) is 0 Å². The van der Waals surface area contributed by atoms with E-state index in [4.69, 9.17) is 14.9 Å². The molecule has 0 aliphatic carbocycles. The van der Waals surface area contributed by atoms with Crippen LogP contribution < -0.4 is 5.32 Å². The summed E-state index contributed by atoms with van der Waals surface area (Å²) in [6.45, 7) is 4.25. The van der Waals surface area contributed by atoms with Crippen LogP contribution in [0.25, 0.3) is 0 Å². The number of nitrogens with one attached hydrogen (secondary N) is 1. The van der Waals surface area contributed by atoms with Crippen molar-refractivity contribution in [1.82, 2.24) is 5.32 Å². The Kier molecular flexibility index (Phi) is 6.24. The summed E-state index contributed by atoms with van der Waals surface area (Å²) in [5.41, 5.74) is -0.612. The summed E-state index contributed by atoms with van der Waals surface area (Å²) in [6, 6.07) is 0.175. The third kappa shape index (κ3) is 4.57. The van der Waals surface area contributed by atoms with E-state index in [1.165, 1.54) is 0 Å². The molecule has 0 aliphatic rings. The molecule has 0 saturated carbocycles. The van der Waals surface area contributed by atoms with Crippen LogP contribution in [0, 0.1) is 0 Å². The Bertz CT molecular complexity index is 126. The monoisotopic (exact) mass is 191 g/mol. The highest BCUT2D eigenvalue weighted by Gasteiger charge is 2.24. The van der Waals surface area contributed by atoms with Gasteiger partial charge >= 0.3 is 0 Å². The molecule has 80 valence electrons. The van der Waals surface area contributed by atoms with Gasteiger partial charge in [0.05, 0.1) is 25.4 Å². The quantitative estimate of drug-likeness (QED) is 0.519. The van der Waals surface area contributed by atoms with E-state index in [0.29, 0.717) is 6.61 Å². The van der Waals surface area contributed by atoms with Crippen LogP contribution >= 0.6 is 0 Å². The first kappa shape index (κ1) is 12.8. The molecule has 0 radical (unpaired) electrons. The third-order valence-corrected chi connectivity index (χ3v) is 2.11. The summed E-state index contributed by atoms with van der Waals surface area (Å²) in [7, 11) is 1.64. The topological polar surface area (TPSA) is 61.7 Å². The molecular weight excluding hydrogens is 170 g/mol. The van der Waals surface area contributed by atoms with Crippen LogP contribution in [0.3, 0.4) is 0 Å². The van der Waals surface area contributed by atoms with Gasteiger partial charge in [0.2, 0.25) is 0 Å². The number of hydrogen-bond acceptors (Lipinski definition) is 4. The first-order chi connectivity index (χ1) is 6.11. The fourth-order valence-electron chi connectivity index (χ4n) is 1.10. The van der Waals surface area contributed by atoms with Gasteiger partial charge in [0.15, 0.2) is 0 Å². The van der Waals surface area contributed by atoms with Crippen molar-refractivity contribution in [3.8, 4) is 0 Å². The molecule has 1 atom stereocenters. The zero-order valence-electron chi connectivity index (χ0n) is 8.71. The first-order valence-electron chi connectivity index (χ1n) is 4.60. The zero-order chi connectivity index (χ0) is 10.3. The van der Waals surface area contributed by atoms with Gasteiger partial charge in [0.25, 0.3) is 0 Å². The van der Waals surface area contributed by atoms with Crippen molar-refractivity contribution in [2.45, 2.75) is 31.8 Å². The molecule has 3 N–H and O–H groups in total. The van der Waals surface area contributed by atoms with Gasteiger partial charge in [-0.05, 0) is 13.3 Å². The summed E-state index contributed by atoms with van der Waals surface area (Å²) in [6.07, 6.45) is 0.906. The molecular formula is C9H21NO3. The second-order valence-corrected chi connectivity index (χ2v) is 3.58. The van der Waals surface area contributed by atoms with Crippen LogP contribution in [0.4, 0.5) is 0 Å². The Morgan fingerprint density at radius 2 is 1.92 bits per heavy atom. The summed E-state index contributed by atoms with van der Waals surface area (Å²) >= 11 is 0. The molecule has 4 heteroatoms. The lowest BCUT2D eigenvalue weighted by atomic mass is 10.0. The molecule has 0 aromatic carbocycles. The molecule has 1 unspecified atom stereocenters. The van der Waals surface area contributed by atoms with Gasteiger partial charge in [-0.2, -0.15) is 0 Å². The second-order valence-electron chi connectivity index (χ2n) is 3.58. The molecule has 0 aliphatic heterocycles. The predicted octanol–water partition coefficient (Wildman–Crippen LogP) is -0.256. The van der Waals surface area contributed by atoms with Crippen molar-refractivity contribution >= 4 is 0 Å².